The Morgan fingerprint density at radius 3 is 2.55 bits per heavy atom. The van der Waals surface area contributed by atoms with Crippen molar-refractivity contribution in [3.05, 3.63) is 88.1 Å². The first-order valence-electron chi connectivity index (χ1n) is 16.0. The number of amides is 1. The Morgan fingerprint density at radius 1 is 0.980 bits per heavy atom. The SMILES string of the molecule is C[C@@H]1CCCC(n2cnc(-c3cc(Cl)ccc3-n3cc(C(F)(F)F)nn3)cc2=O)c2cc(ccn2)-c2nn(C3CCNCC3)cc2NC1=O. The van der Waals surface area contributed by atoms with Gasteiger partial charge in [0.2, 0.25) is 5.91 Å². The number of benzene rings is 1. The quantitative estimate of drug-likeness (QED) is 0.245. The minimum Gasteiger partial charge on any atom is -0.323 e. The molecule has 0 aliphatic carbocycles. The number of halogens is 4. The van der Waals surface area contributed by atoms with Gasteiger partial charge in [-0.15, -0.1) is 5.10 Å². The molecule has 1 fully saturated rings. The molecule has 5 aromatic rings. The van der Waals surface area contributed by atoms with Crippen molar-refractivity contribution in [3.8, 4) is 28.2 Å². The van der Waals surface area contributed by atoms with Gasteiger partial charge in [0, 0.05) is 40.5 Å². The van der Waals surface area contributed by atoms with Crippen LogP contribution in [0.3, 0.4) is 0 Å². The molecule has 6 heterocycles. The summed E-state index contributed by atoms with van der Waals surface area (Å²) in [5, 5.41) is 18.6. The zero-order valence-electron chi connectivity index (χ0n) is 26.4. The number of piperidine rings is 1. The summed E-state index contributed by atoms with van der Waals surface area (Å²) in [6.45, 7) is 3.65. The molecular weight excluding hydrogens is 661 g/mol. The lowest BCUT2D eigenvalue weighted by molar-refractivity contribution is -0.141. The van der Waals surface area contributed by atoms with E-state index < -0.39 is 23.5 Å². The summed E-state index contributed by atoms with van der Waals surface area (Å²) in [4.78, 5) is 36.3. The van der Waals surface area contributed by atoms with Crippen molar-refractivity contribution in [2.45, 2.75) is 57.3 Å². The summed E-state index contributed by atoms with van der Waals surface area (Å²) in [5.74, 6) is -0.401. The van der Waals surface area contributed by atoms with E-state index in [1.54, 1.807) is 6.20 Å². The van der Waals surface area contributed by atoms with E-state index >= 15 is 0 Å². The van der Waals surface area contributed by atoms with E-state index in [-0.39, 0.29) is 29.2 Å². The average molecular weight is 693 g/mol. The normalized spacial score (nSPS) is 19.1. The van der Waals surface area contributed by atoms with E-state index in [1.807, 2.05) is 29.9 Å². The van der Waals surface area contributed by atoms with Gasteiger partial charge in [-0.2, -0.15) is 18.3 Å². The number of nitrogens with one attached hydrogen (secondary N) is 2. The summed E-state index contributed by atoms with van der Waals surface area (Å²) >= 11 is 6.27. The van der Waals surface area contributed by atoms with Gasteiger partial charge in [-0.1, -0.05) is 30.2 Å². The minimum atomic E-state index is -4.68. The van der Waals surface area contributed by atoms with Crippen molar-refractivity contribution in [2.75, 3.05) is 18.4 Å². The topological polar surface area (TPSA) is 137 Å². The fourth-order valence-corrected chi connectivity index (χ4v) is 6.55. The maximum Gasteiger partial charge on any atom is 0.436 e. The van der Waals surface area contributed by atoms with E-state index in [2.05, 4.69) is 30.9 Å². The number of anilines is 1. The number of carbonyl (C=O) groups excluding carboxylic acids is 1. The molecule has 7 rings (SSSR count). The Morgan fingerprint density at radius 2 is 1.80 bits per heavy atom. The molecule has 16 heteroatoms. The van der Waals surface area contributed by atoms with Crippen LogP contribution < -0.4 is 16.2 Å². The van der Waals surface area contributed by atoms with E-state index in [9.17, 15) is 22.8 Å². The average Bonchev–Trinajstić information content (AvgIpc) is 3.76. The first-order chi connectivity index (χ1) is 23.5. The molecule has 2 bridgehead atoms. The predicted octanol–water partition coefficient (Wildman–Crippen LogP) is 5.69. The molecule has 4 aromatic heterocycles. The molecule has 0 spiro atoms. The van der Waals surface area contributed by atoms with Crippen LogP contribution in [0.1, 0.15) is 62.5 Å². The van der Waals surface area contributed by atoms with Crippen LogP contribution in [0.25, 0.3) is 28.2 Å². The van der Waals surface area contributed by atoms with Crippen LogP contribution in [0.5, 0.6) is 0 Å². The molecular formula is C33H32ClF3N10O2. The fraction of sp³-hybridized carbons (Fsp3) is 0.364. The molecule has 0 radical (unpaired) electrons. The predicted molar refractivity (Wildman–Crippen MR) is 175 cm³/mol. The second-order valence-electron chi connectivity index (χ2n) is 12.4. The largest absolute Gasteiger partial charge is 0.436 e. The highest BCUT2D eigenvalue weighted by Crippen LogP contribution is 2.35. The number of fused-ring (bicyclic) bond motifs is 4. The summed E-state index contributed by atoms with van der Waals surface area (Å²) in [7, 11) is 0. The Hall–Kier alpha value is -4.89. The molecule has 1 saturated heterocycles. The molecule has 2 atom stereocenters. The van der Waals surface area contributed by atoms with E-state index in [0.717, 1.165) is 42.4 Å². The Bertz CT molecular complexity index is 2070. The molecule has 1 amide bonds. The lowest BCUT2D eigenvalue weighted by Gasteiger charge is -2.22. The number of aromatic nitrogens is 8. The highest BCUT2D eigenvalue weighted by Gasteiger charge is 2.35. The first-order valence-corrected chi connectivity index (χ1v) is 16.4. The first kappa shape index (κ1) is 32.6. The molecule has 12 nitrogen and oxygen atoms in total. The van der Waals surface area contributed by atoms with Crippen LogP contribution in [-0.4, -0.2) is 58.3 Å². The van der Waals surface area contributed by atoms with Crippen molar-refractivity contribution in [2.24, 2.45) is 5.92 Å². The number of carbonyl (C=O) groups is 1. The van der Waals surface area contributed by atoms with Crippen molar-refractivity contribution in [1.29, 1.82) is 0 Å². The zero-order chi connectivity index (χ0) is 34.3. The van der Waals surface area contributed by atoms with Gasteiger partial charge in [0.05, 0.1) is 47.4 Å². The number of nitrogens with zero attached hydrogens (tertiary/aromatic N) is 8. The number of hydrogen-bond acceptors (Lipinski definition) is 8. The van der Waals surface area contributed by atoms with E-state index in [4.69, 9.17) is 16.7 Å². The van der Waals surface area contributed by atoms with Crippen LogP contribution in [0.2, 0.25) is 5.02 Å². The highest BCUT2D eigenvalue weighted by molar-refractivity contribution is 6.31. The second kappa shape index (κ2) is 13.2. The van der Waals surface area contributed by atoms with Crippen LogP contribution >= 0.6 is 11.6 Å². The molecule has 1 unspecified atom stereocenters. The van der Waals surface area contributed by atoms with Gasteiger partial charge in [0.25, 0.3) is 5.56 Å². The van der Waals surface area contributed by atoms with Crippen LogP contribution in [0, 0.1) is 5.92 Å². The number of pyridine rings is 1. The van der Waals surface area contributed by atoms with Gasteiger partial charge in [-0.05, 0) is 69.1 Å². The molecule has 0 saturated carbocycles. The lowest BCUT2D eigenvalue weighted by atomic mass is 9.97. The molecule has 49 heavy (non-hydrogen) atoms. The summed E-state index contributed by atoms with van der Waals surface area (Å²) < 4.78 is 44.2. The highest BCUT2D eigenvalue weighted by atomic mass is 35.5. The third kappa shape index (κ3) is 6.72. The zero-order valence-corrected chi connectivity index (χ0v) is 27.1. The smallest absolute Gasteiger partial charge is 0.323 e. The van der Waals surface area contributed by atoms with Crippen LogP contribution in [-0.2, 0) is 11.0 Å². The number of alkyl halides is 3. The van der Waals surface area contributed by atoms with E-state index in [1.165, 1.54) is 35.2 Å². The third-order valence-electron chi connectivity index (χ3n) is 9.07. The van der Waals surface area contributed by atoms with Gasteiger partial charge in [-0.3, -0.25) is 23.8 Å². The molecule has 2 aliphatic heterocycles. The Labute approximate surface area is 283 Å². The summed E-state index contributed by atoms with van der Waals surface area (Å²) in [5.41, 5.74) is 1.76. The third-order valence-corrected chi connectivity index (χ3v) is 9.30. The summed E-state index contributed by atoms with van der Waals surface area (Å²) in [6, 6.07) is 9.20. The van der Waals surface area contributed by atoms with Gasteiger partial charge in [-0.25, -0.2) is 9.67 Å². The second-order valence-corrected chi connectivity index (χ2v) is 12.8. The van der Waals surface area contributed by atoms with Gasteiger partial charge in [0.1, 0.15) is 5.69 Å². The summed E-state index contributed by atoms with van der Waals surface area (Å²) in [6.07, 6.45) is 4.58. The maximum absolute atomic E-state index is 13.8. The Balaban J connectivity index is 1.27. The minimum absolute atomic E-state index is 0.104. The fourth-order valence-electron chi connectivity index (χ4n) is 6.38. The number of hydrogen-bond donors (Lipinski definition) is 2. The molecule has 1 aromatic carbocycles. The van der Waals surface area contributed by atoms with Gasteiger partial charge < -0.3 is 10.6 Å². The molecule has 254 valence electrons. The van der Waals surface area contributed by atoms with Crippen LogP contribution in [0.15, 0.2) is 66.1 Å². The van der Waals surface area contributed by atoms with Crippen molar-refractivity contribution < 1.29 is 18.0 Å². The van der Waals surface area contributed by atoms with Crippen LogP contribution in [0.4, 0.5) is 18.9 Å². The molecule has 2 aliphatic rings. The maximum atomic E-state index is 13.8. The molecule has 2 N–H and O–H groups in total. The monoisotopic (exact) mass is 692 g/mol. The van der Waals surface area contributed by atoms with Crippen molar-refractivity contribution in [1.82, 2.24) is 44.6 Å². The lowest BCUT2D eigenvalue weighted by Crippen LogP contribution is -2.29. The Kier molecular flexibility index (Phi) is 8.79. The van der Waals surface area contributed by atoms with Crippen molar-refractivity contribution >= 4 is 23.2 Å². The number of rotatable bonds is 4. The standard InChI is InChI=1S/C33H32ClF3N10O2/c1-19-3-2-4-28(25-13-20(7-12-39-25)31-26(41-32(19)49)16-46(43-31)22-8-10-38-11-9-22)45-18-40-24(15-30(45)48)23-14-21(34)5-6-27(23)47-17-29(42-44-47)33(35,36)37/h5-7,12-19,22,28,38H,2-4,8-11H2,1H3,(H,41,49)/t19-,28?/m1/s1. The van der Waals surface area contributed by atoms with Crippen molar-refractivity contribution in [3.63, 3.8) is 0 Å². The van der Waals surface area contributed by atoms with Gasteiger partial charge >= 0.3 is 6.18 Å². The van der Waals surface area contributed by atoms with Gasteiger partial charge in [0.15, 0.2) is 5.69 Å². The van der Waals surface area contributed by atoms with E-state index in [0.29, 0.717) is 46.9 Å².